The number of halogens is 1. The molecular weight excluding hydrogens is 430 g/mol. The van der Waals surface area contributed by atoms with Gasteiger partial charge in [-0.05, 0) is 42.0 Å². The molecule has 0 fully saturated rings. The second-order valence-electron chi connectivity index (χ2n) is 6.64. The summed E-state index contributed by atoms with van der Waals surface area (Å²) >= 11 is 6.12. The summed E-state index contributed by atoms with van der Waals surface area (Å²) in [6, 6.07) is 21.7. The highest BCUT2D eigenvalue weighted by Gasteiger charge is 2.09. The molecule has 0 bridgehead atoms. The van der Waals surface area contributed by atoms with E-state index in [9.17, 15) is 9.59 Å². The Balaban J connectivity index is 1.44. The molecule has 0 radical (unpaired) electrons. The van der Waals surface area contributed by atoms with E-state index in [0.717, 1.165) is 11.1 Å². The number of rotatable bonds is 9. The Morgan fingerprint density at radius 3 is 2.44 bits per heavy atom. The van der Waals surface area contributed by atoms with E-state index in [4.69, 9.17) is 25.8 Å². The molecule has 0 aromatic heterocycles. The van der Waals surface area contributed by atoms with Gasteiger partial charge in [-0.3, -0.25) is 4.79 Å². The van der Waals surface area contributed by atoms with Gasteiger partial charge in [-0.2, -0.15) is 0 Å². The highest BCUT2D eigenvalue weighted by atomic mass is 35.5. The summed E-state index contributed by atoms with van der Waals surface area (Å²) in [5, 5.41) is 3.29. The van der Waals surface area contributed by atoms with Gasteiger partial charge in [0.1, 0.15) is 18.1 Å². The van der Waals surface area contributed by atoms with Crippen LogP contribution in [0.25, 0.3) is 6.08 Å². The van der Waals surface area contributed by atoms with E-state index in [1.165, 1.54) is 13.2 Å². The minimum Gasteiger partial charge on any atom is -0.495 e. The third kappa shape index (κ3) is 6.89. The van der Waals surface area contributed by atoms with Gasteiger partial charge in [-0.15, -0.1) is 0 Å². The molecule has 3 aromatic rings. The summed E-state index contributed by atoms with van der Waals surface area (Å²) < 4.78 is 15.9. The number of hydrogen-bond acceptors (Lipinski definition) is 5. The zero-order valence-corrected chi connectivity index (χ0v) is 18.2. The number of para-hydroxylation sites is 2. The number of ether oxygens (including phenoxy) is 3. The number of benzene rings is 3. The van der Waals surface area contributed by atoms with Crippen LogP contribution in [0.1, 0.15) is 11.1 Å². The van der Waals surface area contributed by atoms with Crippen molar-refractivity contribution in [1.82, 2.24) is 0 Å². The van der Waals surface area contributed by atoms with Gasteiger partial charge in [-0.25, -0.2) is 4.79 Å². The summed E-state index contributed by atoms with van der Waals surface area (Å²) in [7, 11) is 1.51. The van der Waals surface area contributed by atoms with Crippen LogP contribution < -0.4 is 14.8 Å². The third-order valence-electron chi connectivity index (χ3n) is 4.37. The van der Waals surface area contributed by atoms with Crippen LogP contribution >= 0.6 is 11.6 Å². The average molecular weight is 452 g/mol. The Hall–Kier alpha value is -3.77. The highest BCUT2D eigenvalue weighted by Crippen LogP contribution is 2.23. The summed E-state index contributed by atoms with van der Waals surface area (Å²) in [5.74, 6) is 0.111. The van der Waals surface area contributed by atoms with Gasteiger partial charge in [0.05, 0.1) is 12.8 Å². The molecule has 7 heteroatoms. The molecule has 0 saturated heterocycles. The van der Waals surface area contributed by atoms with Gasteiger partial charge in [0, 0.05) is 16.7 Å². The molecule has 1 amide bonds. The Labute approximate surface area is 191 Å². The molecular formula is C25H22ClNO5. The van der Waals surface area contributed by atoms with Crippen molar-refractivity contribution in [3.05, 3.63) is 95.0 Å². The SMILES string of the molecule is COc1ccccc1NC(=O)COC(=O)C=Cc1ccc(OCc2ccccc2Cl)cc1. The van der Waals surface area contributed by atoms with Crippen LogP contribution in [0.5, 0.6) is 11.5 Å². The second kappa shape index (κ2) is 11.6. The Morgan fingerprint density at radius 2 is 1.69 bits per heavy atom. The van der Waals surface area contributed by atoms with Gasteiger partial charge in [-0.1, -0.05) is 54.1 Å². The average Bonchev–Trinajstić information content (AvgIpc) is 2.82. The fourth-order valence-corrected chi connectivity index (χ4v) is 2.93. The summed E-state index contributed by atoms with van der Waals surface area (Å²) in [5.41, 5.74) is 2.18. The number of nitrogens with one attached hydrogen (secondary N) is 1. The van der Waals surface area contributed by atoms with Crippen LogP contribution in [0.15, 0.2) is 78.9 Å². The first-order chi connectivity index (χ1) is 15.5. The molecule has 6 nitrogen and oxygen atoms in total. The molecule has 0 spiro atoms. The Kier molecular flexibility index (Phi) is 8.29. The van der Waals surface area contributed by atoms with E-state index in [1.54, 1.807) is 54.6 Å². The number of hydrogen-bond donors (Lipinski definition) is 1. The van der Waals surface area contributed by atoms with E-state index < -0.39 is 18.5 Å². The largest absolute Gasteiger partial charge is 0.495 e. The van der Waals surface area contributed by atoms with E-state index in [1.807, 2.05) is 24.3 Å². The maximum Gasteiger partial charge on any atom is 0.331 e. The van der Waals surface area contributed by atoms with Crippen LogP contribution in [-0.2, 0) is 20.9 Å². The van der Waals surface area contributed by atoms with Gasteiger partial charge in [0.2, 0.25) is 0 Å². The lowest BCUT2D eigenvalue weighted by Gasteiger charge is -2.09. The molecule has 0 aliphatic rings. The first-order valence-electron chi connectivity index (χ1n) is 9.79. The standard InChI is InChI=1S/C25H22ClNO5/c1-30-23-9-5-4-8-22(23)27-24(28)17-32-25(29)15-12-18-10-13-20(14-11-18)31-16-19-6-2-3-7-21(19)26/h2-15H,16-17H2,1H3,(H,27,28). The van der Waals surface area contributed by atoms with Crippen LogP contribution in [-0.4, -0.2) is 25.6 Å². The second-order valence-corrected chi connectivity index (χ2v) is 7.05. The fraction of sp³-hybridized carbons (Fsp3) is 0.120. The number of amides is 1. The first kappa shape index (κ1) is 22.9. The van der Waals surface area contributed by atoms with E-state index in [-0.39, 0.29) is 0 Å². The Bertz CT molecular complexity index is 1100. The number of carbonyl (C=O) groups is 2. The third-order valence-corrected chi connectivity index (χ3v) is 4.74. The summed E-state index contributed by atoms with van der Waals surface area (Å²) in [4.78, 5) is 23.9. The fourth-order valence-electron chi connectivity index (χ4n) is 2.73. The quantitative estimate of drug-likeness (QED) is 0.361. The predicted octanol–water partition coefficient (Wildman–Crippen LogP) is 5.12. The maximum atomic E-state index is 12.0. The lowest BCUT2D eigenvalue weighted by atomic mass is 10.2. The van der Waals surface area contributed by atoms with Crippen molar-refractivity contribution in [3.63, 3.8) is 0 Å². The monoisotopic (exact) mass is 451 g/mol. The van der Waals surface area contributed by atoms with Crippen molar-refractivity contribution in [2.24, 2.45) is 0 Å². The molecule has 3 aromatic carbocycles. The maximum absolute atomic E-state index is 12.0. The molecule has 0 unspecified atom stereocenters. The van der Waals surface area contributed by atoms with Gasteiger partial charge in [0.15, 0.2) is 6.61 Å². The molecule has 164 valence electrons. The van der Waals surface area contributed by atoms with Crippen LogP contribution in [0.3, 0.4) is 0 Å². The van der Waals surface area contributed by atoms with Crippen molar-refractivity contribution >= 4 is 35.2 Å². The van der Waals surface area contributed by atoms with Crippen molar-refractivity contribution < 1.29 is 23.8 Å². The molecule has 0 aliphatic heterocycles. The number of esters is 1. The predicted molar refractivity (Wildman–Crippen MR) is 124 cm³/mol. The van der Waals surface area contributed by atoms with Crippen molar-refractivity contribution in [2.75, 3.05) is 19.0 Å². The molecule has 0 atom stereocenters. The van der Waals surface area contributed by atoms with Crippen LogP contribution in [0.2, 0.25) is 5.02 Å². The van der Waals surface area contributed by atoms with Gasteiger partial charge >= 0.3 is 5.97 Å². The zero-order valence-electron chi connectivity index (χ0n) is 17.4. The van der Waals surface area contributed by atoms with Crippen LogP contribution in [0, 0.1) is 0 Å². The number of anilines is 1. The lowest BCUT2D eigenvalue weighted by molar-refractivity contribution is -0.142. The van der Waals surface area contributed by atoms with E-state index in [0.29, 0.717) is 28.8 Å². The molecule has 1 N–H and O–H groups in total. The zero-order chi connectivity index (χ0) is 22.8. The van der Waals surface area contributed by atoms with E-state index in [2.05, 4.69) is 5.32 Å². The van der Waals surface area contributed by atoms with Gasteiger partial charge < -0.3 is 19.5 Å². The summed E-state index contributed by atoms with van der Waals surface area (Å²) in [6.45, 7) is -0.0475. The number of carbonyl (C=O) groups excluding carboxylic acids is 2. The lowest BCUT2D eigenvalue weighted by Crippen LogP contribution is -2.20. The molecule has 0 heterocycles. The normalized spacial score (nSPS) is 10.6. The summed E-state index contributed by atoms with van der Waals surface area (Å²) in [6.07, 6.45) is 2.86. The number of methoxy groups -OCH3 is 1. The Morgan fingerprint density at radius 1 is 0.969 bits per heavy atom. The van der Waals surface area contributed by atoms with Crippen molar-refractivity contribution in [3.8, 4) is 11.5 Å². The van der Waals surface area contributed by atoms with Crippen molar-refractivity contribution in [1.29, 1.82) is 0 Å². The first-order valence-corrected chi connectivity index (χ1v) is 10.2. The minimum absolute atomic E-state index is 0.359. The molecule has 32 heavy (non-hydrogen) atoms. The molecule has 0 aliphatic carbocycles. The van der Waals surface area contributed by atoms with Crippen molar-refractivity contribution in [2.45, 2.75) is 6.61 Å². The van der Waals surface area contributed by atoms with Crippen LogP contribution in [0.4, 0.5) is 5.69 Å². The molecule has 0 saturated carbocycles. The van der Waals surface area contributed by atoms with Gasteiger partial charge in [0.25, 0.3) is 5.91 Å². The minimum atomic E-state index is -0.626. The topological polar surface area (TPSA) is 73.9 Å². The molecule has 3 rings (SSSR count). The smallest absolute Gasteiger partial charge is 0.331 e. The van der Waals surface area contributed by atoms with E-state index >= 15 is 0 Å². The highest BCUT2D eigenvalue weighted by molar-refractivity contribution is 6.31.